The fourth-order valence-electron chi connectivity index (χ4n) is 8.47. The molecule has 3 saturated carbocycles. The van der Waals surface area contributed by atoms with Crippen LogP contribution in [0.25, 0.3) is 0 Å². The van der Waals surface area contributed by atoms with Crippen LogP contribution in [-0.2, 0) is 4.79 Å². The van der Waals surface area contributed by atoms with Gasteiger partial charge in [0.1, 0.15) is 6.29 Å². The standard InChI is InChI=1S/C21H31N.C4H12N2.C2H4O.CH4/c1-12(22)16-6-7-17-15-11-14-13-5-4-9-21(3,19(13)14)18(15)8-10-20(16,17)2;1-6(2)4-3-5;1-2-3;/h14-18,22H,4-11H2,1-3H3;3-5H2,1-2H3;2H,1H3;1H4. The fraction of sp³-hybridized carbons (Fsp3) is 0.857. The lowest BCUT2D eigenvalue weighted by atomic mass is 9.48. The highest BCUT2D eigenvalue weighted by Gasteiger charge is 2.64. The second kappa shape index (κ2) is 10.5. The molecule has 0 aromatic rings. The number of carbonyl (C=O) groups excluding carboxylic acids is 1. The zero-order chi connectivity index (χ0) is 23.0. The van der Waals surface area contributed by atoms with Gasteiger partial charge in [0.15, 0.2) is 0 Å². The minimum atomic E-state index is 0. The molecule has 4 heteroatoms. The van der Waals surface area contributed by atoms with E-state index in [2.05, 4.69) is 25.7 Å². The first-order chi connectivity index (χ1) is 14.7. The number of rotatable bonds is 3. The monoisotopic (exact) mass is 445 g/mol. The number of aldehydes is 1. The van der Waals surface area contributed by atoms with Crippen molar-refractivity contribution in [2.45, 2.75) is 86.5 Å². The molecule has 5 aliphatic carbocycles. The highest BCUT2D eigenvalue weighted by Crippen LogP contribution is 2.73. The molecule has 32 heavy (non-hydrogen) atoms. The number of nitrogens with one attached hydrogen (secondary N) is 1. The Hall–Kier alpha value is -1.00. The Labute approximate surface area is 198 Å². The van der Waals surface area contributed by atoms with Crippen molar-refractivity contribution in [2.24, 2.45) is 46.2 Å². The van der Waals surface area contributed by atoms with Gasteiger partial charge in [-0.3, -0.25) is 0 Å². The van der Waals surface area contributed by atoms with Crippen LogP contribution >= 0.6 is 0 Å². The zero-order valence-corrected chi connectivity index (χ0v) is 21.0. The molecule has 7 atom stereocenters. The van der Waals surface area contributed by atoms with E-state index in [0.29, 0.717) is 16.7 Å². The van der Waals surface area contributed by atoms with Gasteiger partial charge in [-0.1, -0.05) is 32.4 Å². The Bertz CT molecular complexity index is 713. The maximum Gasteiger partial charge on any atom is 0.116 e. The van der Waals surface area contributed by atoms with Crippen LogP contribution in [0.3, 0.4) is 0 Å². The molecule has 0 saturated heterocycles. The molecule has 0 heterocycles. The van der Waals surface area contributed by atoms with E-state index in [-0.39, 0.29) is 7.43 Å². The third-order valence-electron chi connectivity index (χ3n) is 9.65. The van der Waals surface area contributed by atoms with Crippen molar-refractivity contribution in [3.8, 4) is 0 Å². The van der Waals surface area contributed by atoms with E-state index in [1.807, 2.05) is 25.2 Å². The molecular formula is C28H51N3O. The van der Waals surface area contributed by atoms with Crippen molar-refractivity contribution in [1.29, 1.82) is 5.41 Å². The van der Waals surface area contributed by atoms with E-state index in [9.17, 15) is 0 Å². The van der Waals surface area contributed by atoms with Crippen molar-refractivity contribution >= 4 is 12.0 Å². The smallest absolute Gasteiger partial charge is 0.116 e. The molecule has 0 aromatic heterocycles. The van der Waals surface area contributed by atoms with Gasteiger partial charge in [0.2, 0.25) is 0 Å². The molecular weight excluding hydrogens is 394 g/mol. The highest BCUT2D eigenvalue weighted by atomic mass is 16.1. The van der Waals surface area contributed by atoms with Gasteiger partial charge in [0.05, 0.1) is 0 Å². The number of nitrogens with two attached hydrogens (primary N) is 1. The molecule has 3 fully saturated rings. The van der Waals surface area contributed by atoms with Crippen LogP contribution in [-0.4, -0.2) is 44.1 Å². The van der Waals surface area contributed by atoms with E-state index >= 15 is 0 Å². The van der Waals surface area contributed by atoms with Crippen molar-refractivity contribution < 1.29 is 4.79 Å². The molecule has 0 spiro atoms. The molecule has 3 N–H and O–H groups in total. The van der Waals surface area contributed by atoms with E-state index in [4.69, 9.17) is 15.9 Å². The van der Waals surface area contributed by atoms with Gasteiger partial charge >= 0.3 is 0 Å². The Kier molecular flexibility index (Phi) is 8.95. The van der Waals surface area contributed by atoms with Crippen molar-refractivity contribution in [3.05, 3.63) is 11.1 Å². The van der Waals surface area contributed by atoms with Gasteiger partial charge in [-0.05, 0) is 108 Å². The van der Waals surface area contributed by atoms with Gasteiger partial charge in [0, 0.05) is 30.6 Å². The number of fused-ring (bicyclic) bond motifs is 5. The quantitative estimate of drug-likeness (QED) is 0.320. The summed E-state index contributed by atoms with van der Waals surface area (Å²) in [6.07, 6.45) is 12.2. The van der Waals surface area contributed by atoms with Gasteiger partial charge < -0.3 is 20.8 Å². The molecule has 5 rings (SSSR count). The van der Waals surface area contributed by atoms with Gasteiger partial charge in [-0.2, -0.15) is 0 Å². The van der Waals surface area contributed by atoms with Gasteiger partial charge in [-0.15, -0.1) is 0 Å². The average molecular weight is 446 g/mol. The maximum atomic E-state index is 8.81. The number of hydrogen-bond acceptors (Lipinski definition) is 4. The number of hydrogen-bond donors (Lipinski definition) is 2. The third kappa shape index (κ3) is 4.64. The summed E-state index contributed by atoms with van der Waals surface area (Å²) in [5.41, 5.74) is 11.0. The molecule has 5 aliphatic rings. The molecule has 4 nitrogen and oxygen atoms in total. The topological polar surface area (TPSA) is 70.2 Å². The SMILES string of the molecule is C.CC(=N)C1CCC2C3CC4C5=C4C(C)(CCC5)C3CCC12C.CC=O.CN(C)CCN. The number of allylic oxidation sites excluding steroid dienone is 2. The van der Waals surface area contributed by atoms with E-state index in [1.54, 1.807) is 0 Å². The fourth-order valence-corrected chi connectivity index (χ4v) is 8.47. The summed E-state index contributed by atoms with van der Waals surface area (Å²) in [5, 5.41) is 8.27. The Morgan fingerprint density at radius 3 is 2.38 bits per heavy atom. The molecule has 0 amide bonds. The molecule has 0 aliphatic heterocycles. The molecule has 184 valence electrons. The van der Waals surface area contributed by atoms with Crippen molar-refractivity contribution in [1.82, 2.24) is 4.90 Å². The van der Waals surface area contributed by atoms with E-state index < -0.39 is 0 Å². The largest absolute Gasteiger partial charge is 0.329 e. The Morgan fingerprint density at radius 2 is 1.84 bits per heavy atom. The molecule has 7 unspecified atom stereocenters. The molecule has 0 aromatic carbocycles. The summed E-state index contributed by atoms with van der Waals surface area (Å²) in [6, 6.07) is 0. The lowest BCUT2D eigenvalue weighted by molar-refractivity contribution is -0.106. The zero-order valence-electron chi connectivity index (χ0n) is 21.0. The van der Waals surface area contributed by atoms with Crippen molar-refractivity contribution in [3.63, 3.8) is 0 Å². The average Bonchev–Trinajstić information content (AvgIpc) is 3.27. The molecule has 0 radical (unpaired) electrons. The van der Waals surface area contributed by atoms with Crippen LogP contribution in [0.1, 0.15) is 86.5 Å². The van der Waals surface area contributed by atoms with Crippen LogP contribution in [0.15, 0.2) is 11.1 Å². The molecule has 0 bridgehead atoms. The number of carbonyl (C=O) groups is 1. The lowest BCUT2D eigenvalue weighted by Gasteiger charge is -2.56. The van der Waals surface area contributed by atoms with Crippen LogP contribution in [0.5, 0.6) is 0 Å². The first-order valence-electron chi connectivity index (χ1n) is 12.7. The summed E-state index contributed by atoms with van der Waals surface area (Å²) < 4.78 is 0. The second-order valence-corrected chi connectivity index (χ2v) is 11.6. The minimum absolute atomic E-state index is 0. The Morgan fingerprint density at radius 1 is 1.19 bits per heavy atom. The first-order valence-corrected chi connectivity index (χ1v) is 12.7. The highest BCUT2D eigenvalue weighted by molar-refractivity contribution is 5.82. The van der Waals surface area contributed by atoms with Crippen molar-refractivity contribution in [2.75, 3.05) is 27.2 Å². The normalized spacial score (nSPS) is 40.3. The third-order valence-corrected chi connectivity index (χ3v) is 9.65. The minimum Gasteiger partial charge on any atom is -0.329 e. The summed E-state index contributed by atoms with van der Waals surface area (Å²) in [5.74, 6) is 4.38. The van der Waals surface area contributed by atoms with Crippen LogP contribution in [0, 0.1) is 45.8 Å². The first kappa shape index (κ1) is 27.2. The van der Waals surface area contributed by atoms with Gasteiger partial charge in [-0.25, -0.2) is 0 Å². The van der Waals surface area contributed by atoms with Crippen LogP contribution in [0.4, 0.5) is 0 Å². The van der Waals surface area contributed by atoms with E-state index in [0.717, 1.165) is 48.8 Å². The maximum absolute atomic E-state index is 8.81. The lowest BCUT2D eigenvalue weighted by Crippen LogP contribution is -2.49. The summed E-state index contributed by atoms with van der Waals surface area (Å²) in [7, 11) is 4.01. The second-order valence-electron chi connectivity index (χ2n) is 11.6. The predicted octanol–water partition coefficient (Wildman–Crippen LogP) is 5.95. The van der Waals surface area contributed by atoms with E-state index in [1.165, 1.54) is 58.3 Å². The summed E-state index contributed by atoms with van der Waals surface area (Å²) >= 11 is 0. The summed E-state index contributed by atoms with van der Waals surface area (Å²) in [6.45, 7) is 10.4. The Balaban J connectivity index is 0.000000315. The predicted molar refractivity (Wildman–Crippen MR) is 137 cm³/mol. The van der Waals surface area contributed by atoms with Crippen LogP contribution < -0.4 is 5.73 Å². The number of nitrogens with zero attached hydrogens (tertiary/aromatic N) is 1. The number of likely N-dealkylation sites (N-methyl/N-ethyl adjacent to an activating group) is 1. The van der Waals surface area contributed by atoms with Gasteiger partial charge in [0.25, 0.3) is 0 Å². The van der Waals surface area contributed by atoms with Crippen LogP contribution in [0.2, 0.25) is 0 Å². The summed E-state index contributed by atoms with van der Waals surface area (Å²) in [4.78, 5) is 10.9.